The smallest absolute Gasteiger partial charge is 0.0945 e. The molecule has 24 heavy (non-hydrogen) atoms. The second kappa shape index (κ2) is 8.68. The summed E-state index contributed by atoms with van der Waals surface area (Å²) in [5, 5.41) is 1.61. The minimum atomic E-state index is 0.274. The quantitative estimate of drug-likeness (QED) is 0.567. The van der Waals surface area contributed by atoms with Crippen LogP contribution in [0.4, 0.5) is 0 Å². The minimum absolute atomic E-state index is 0.274. The first-order chi connectivity index (χ1) is 11.7. The lowest BCUT2D eigenvalue weighted by Gasteiger charge is -2.28. The number of aromatic nitrogens is 2. The van der Waals surface area contributed by atoms with Crippen molar-refractivity contribution in [1.82, 2.24) is 9.55 Å². The molecule has 1 saturated heterocycles. The van der Waals surface area contributed by atoms with Crippen molar-refractivity contribution in [3.8, 4) is 0 Å². The first-order valence-corrected chi connectivity index (χ1v) is 11.0. The standard InChI is InChI=1S/C19H25ClN2S2/c1-2-3-4-18-14-23-19(24-18,9-11-22-12-10-21-15-22)13-16-5-7-17(20)8-6-16/h5-8,10,12,15,18H,2-4,9,11,13-14H2,1H3. The number of hydrogen-bond donors (Lipinski definition) is 0. The van der Waals surface area contributed by atoms with Gasteiger partial charge in [-0.25, -0.2) is 4.98 Å². The van der Waals surface area contributed by atoms with Gasteiger partial charge in [0.25, 0.3) is 0 Å². The maximum atomic E-state index is 6.05. The van der Waals surface area contributed by atoms with Crippen LogP contribution in [0.1, 0.15) is 38.2 Å². The lowest BCUT2D eigenvalue weighted by molar-refractivity contribution is 0.596. The van der Waals surface area contributed by atoms with Crippen LogP contribution in [-0.2, 0) is 13.0 Å². The molecule has 0 bridgehead atoms. The summed E-state index contributed by atoms with van der Waals surface area (Å²) < 4.78 is 2.47. The van der Waals surface area contributed by atoms with E-state index in [-0.39, 0.29) is 4.08 Å². The van der Waals surface area contributed by atoms with Crippen LogP contribution in [0.25, 0.3) is 0 Å². The van der Waals surface area contributed by atoms with E-state index in [0.29, 0.717) is 0 Å². The van der Waals surface area contributed by atoms with Gasteiger partial charge in [0.05, 0.1) is 10.4 Å². The average Bonchev–Trinajstić information content (AvgIpc) is 3.24. The molecule has 1 aliphatic rings. The van der Waals surface area contributed by atoms with Crippen molar-refractivity contribution in [2.24, 2.45) is 0 Å². The van der Waals surface area contributed by atoms with Crippen molar-refractivity contribution in [3.63, 3.8) is 0 Å². The summed E-state index contributed by atoms with van der Waals surface area (Å²) in [5.74, 6) is 1.28. The molecular weight excluding hydrogens is 356 g/mol. The summed E-state index contributed by atoms with van der Waals surface area (Å²) in [6, 6.07) is 8.39. The van der Waals surface area contributed by atoms with E-state index in [0.717, 1.165) is 23.2 Å². The molecule has 130 valence electrons. The Labute approximate surface area is 158 Å². The molecule has 0 spiro atoms. The van der Waals surface area contributed by atoms with Crippen molar-refractivity contribution >= 4 is 35.1 Å². The van der Waals surface area contributed by atoms with E-state index in [2.05, 4.69) is 58.3 Å². The van der Waals surface area contributed by atoms with Crippen LogP contribution < -0.4 is 0 Å². The normalized spacial score (nSPS) is 23.7. The zero-order valence-corrected chi connectivity index (χ0v) is 16.5. The molecule has 1 fully saturated rings. The Hall–Kier alpha value is -0.580. The Morgan fingerprint density at radius 1 is 1.33 bits per heavy atom. The summed E-state index contributed by atoms with van der Waals surface area (Å²) in [6.45, 7) is 3.32. The highest BCUT2D eigenvalue weighted by Crippen LogP contribution is 2.53. The number of halogens is 1. The number of hydrogen-bond acceptors (Lipinski definition) is 3. The highest BCUT2D eigenvalue weighted by atomic mass is 35.5. The molecule has 2 heterocycles. The molecule has 2 nitrogen and oxygen atoms in total. The molecule has 5 heteroatoms. The van der Waals surface area contributed by atoms with E-state index in [1.54, 1.807) is 0 Å². The fraction of sp³-hybridized carbons (Fsp3) is 0.526. The van der Waals surface area contributed by atoms with Gasteiger partial charge in [0.2, 0.25) is 0 Å². The molecule has 0 aliphatic carbocycles. The Bertz CT molecular complexity index is 615. The monoisotopic (exact) mass is 380 g/mol. The van der Waals surface area contributed by atoms with Gasteiger partial charge >= 0.3 is 0 Å². The van der Waals surface area contributed by atoms with Gasteiger partial charge in [-0.2, -0.15) is 0 Å². The molecule has 2 atom stereocenters. The highest BCUT2D eigenvalue weighted by Gasteiger charge is 2.40. The summed E-state index contributed by atoms with van der Waals surface area (Å²) in [7, 11) is 0. The molecule has 2 aromatic rings. The number of nitrogens with zero attached hydrogens (tertiary/aromatic N) is 2. The van der Waals surface area contributed by atoms with Gasteiger partial charge in [0, 0.05) is 35.0 Å². The number of benzene rings is 1. The maximum Gasteiger partial charge on any atom is 0.0945 e. The third-order valence-corrected chi connectivity index (χ3v) is 8.55. The number of aryl methyl sites for hydroxylation is 1. The lowest BCUT2D eigenvalue weighted by Crippen LogP contribution is -2.23. The van der Waals surface area contributed by atoms with E-state index < -0.39 is 0 Å². The van der Waals surface area contributed by atoms with E-state index >= 15 is 0 Å². The topological polar surface area (TPSA) is 17.8 Å². The average molecular weight is 381 g/mol. The van der Waals surface area contributed by atoms with Crippen LogP contribution in [0.2, 0.25) is 5.02 Å². The van der Waals surface area contributed by atoms with E-state index in [9.17, 15) is 0 Å². The zero-order chi connectivity index (χ0) is 16.8. The second-order valence-corrected chi connectivity index (χ2v) is 10.2. The van der Waals surface area contributed by atoms with Crippen LogP contribution in [0.3, 0.4) is 0 Å². The first kappa shape index (κ1) is 18.2. The Balaban J connectivity index is 1.69. The SMILES string of the molecule is CCCCC1CSC(CCn2ccnc2)(Cc2ccc(Cl)cc2)S1. The third-order valence-electron chi connectivity index (χ3n) is 4.49. The van der Waals surface area contributed by atoms with Crippen molar-refractivity contribution < 1.29 is 0 Å². The minimum Gasteiger partial charge on any atom is -0.337 e. The van der Waals surface area contributed by atoms with Gasteiger partial charge in [-0.15, -0.1) is 23.5 Å². The van der Waals surface area contributed by atoms with Crippen molar-refractivity contribution in [2.75, 3.05) is 5.75 Å². The van der Waals surface area contributed by atoms with Gasteiger partial charge in [0.15, 0.2) is 0 Å². The molecule has 1 aromatic heterocycles. The number of unbranched alkanes of at least 4 members (excludes halogenated alkanes) is 1. The Morgan fingerprint density at radius 3 is 2.88 bits per heavy atom. The van der Waals surface area contributed by atoms with E-state index in [4.69, 9.17) is 11.6 Å². The van der Waals surface area contributed by atoms with E-state index in [1.807, 2.05) is 24.7 Å². The summed E-state index contributed by atoms with van der Waals surface area (Å²) in [4.78, 5) is 4.17. The largest absolute Gasteiger partial charge is 0.337 e. The second-order valence-electron chi connectivity index (χ2n) is 6.46. The van der Waals surface area contributed by atoms with Crippen molar-refractivity contribution in [2.45, 2.75) is 54.9 Å². The van der Waals surface area contributed by atoms with Gasteiger partial charge in [-0.3, -0.25) is 0 Å². The molecule has 1 aliphatic heterocycles. The van der Waals surface area contributed by atoms with E-state index in [1.165, 1.54) is 37.0 Å². The fourth-order valence-corrected chi connectivity index (χ4v) is 7.13. The van der Waals surface area contributed by atoms with Crippen LogP contribution in [-0.4, -0.2) is 24.6 Å². The predicted octanol–water partition coefficient (Wildman–Crippen LogP) is 5.90. The van der Waals surface area contributed by atoms with Gasteiger partial charge in [0.1, 0.15) is 0 Å². The molecular formula is C19H25ClN2S2. The molecule has 0 N–H and O–H groups in total. The van der Waals surface area contributed by atoms with Gasteiger partial charge in [-0.05, 0) is 37.0 Å². The number of imidazole rings is 1. The molecule has 0 saturated carbocycles. The predicted molar refractivity (Wildman–Crippen MR) is 108 cm³/mol. The molecule has 0 radical (unpaired) electrons. The molecule has 2 unspecified atom stereocenters. The van der Waals surface area contributed by atoms with Crippen LogP contribution in [0.5, 0.6) is 0 Å². The summed E-state index contributed by atoms with van der Waals surface area (Å²) >= 11 is 10.4. The van der Waals surface area contributed by atoms with Crippen LogP contribution in [0.15, 0.2) is 43.0 Å². The molecule has 0 amide bonds. The van der Waals surface area contributed by atoms with Gasteiger partial charge < -0.3 is 4.57 Å². The zero-order valence-electron chi connectivity index (χ0n) is 14.2. The van der Waals surface area contributed by atoms with Crippen molar-refractivity contribution in [1.29, 1.82) is 0 Å². The lowest BCUT2D eigenvalue weighted by atomic mass is 10.1. The fourth-order valence-electron chi connectivity index (χ4n) is 3.13. The Kier molecular flexibility index (Phi) is 6.59. The molecule has 3 rings (SSSR count). The summed E-state index contributed by atoms with van der Waals surface area (Å²) in [5.41, 5.74) is 1.39. The number of thioether (sulfide) groups is 2. The molecule has 1 aromatic carbocycles. The third kappa shape index (κ3) is 4.96. The van der Waals surface area contributed by atoms with Gasteiger partial charge in [-0.1, -0.05) is 43.5 Å². The summed E-state index contributed by atoms with van der Waals surface area (Å²) in [6.07, 6.45) is 12.1. The highest BCUT2D eigenvalue weighted by molar-refractivity contribution is 8.21. The first-order valence-electron chi connectivity index (χ1n) is 8.71. The Morgan fingerprint density at radius 2 is 2.17 bits per heavy atom. The van der Waals surface area contributed by atoms with Crippen LogP contribution in [0, 0.1) is 0 Å². The maximum absolute atomic E-state index is 6.05. The number of rotatable bonds is 8. The van der Waals surface area contributed by atoms with Crippen LogP contribution >= 0.6 is 35.1 Å². The van der Waals surface area contributed by atoms with Crippen molar-refractivity contribution in [3.05, 3.63) is 53.6 Å².